The van der Waals surface area contributed by atoms with Crippen LogP contribution in [0.5, 0.6) is 5.75 Å². The molecule has 0 saturated carbocycles. The number of ether oxygens (including phenoxy) is 1. The van der Waals surface area contributed by atoms with Gasteiger partial charge < -0.3 is 4.74 Å². The molecule has 1 aromatic carbocycles. The first-order chi connectivity index (χ1) is 8.26. The van der Waals surface area contributed by atoms with Gasteiger partial charge in [0.15, 0.2) is 0 Å². The molecule has 0 spiro atoms. The van der Waals surface area contributed by atoms with Gasteiger partial charge in [-0.25, -0.2) is 3.63 Å². The van der Waals surface area contributed by atoms with Crippen molar-refractivity contribution in [1.29, 1.82) is 0 Å². The van der Waals surface area contributed by atoms with E-state index < -0.39 is 20.4 Å². The van der Waals surface area contributed by atoms with Gasteiger partial charge in [-0.3, -0.25) is 0 Å². The molecule has 0 amide bonds. The number of hydrogen-bond donors (Lipinski definition) is 0. The highest BCUT2D eigenvalue weighted by Crippen LogP contribution is 2.55. The Balaban J connectivity index is 3.07. The Bertz CT molecular complexity index is 495. The second-order valence-corrected chi connectivity index (χ2v) is 9.16. The van der Waals surface area contributed by atoms with E-state index in [-0.39, 0.29) is 0 Å². The molecule has 18 heavy (non-hydrogen) atoms. The van der Waals surface area contributed by atoms with Crippen LogP contribution in [0.2, 0.25) is 0 Å². The largest absolute Gasteiger partial charge is 0.492 e. The molecule has 6 heteroatoms. The normalized spacial score (nSPS) is 13.3. The van der Waals surface area contributed by atoms with Crippen LogP contribution < -0.4 is 4.74 Å². The minimum atomic E-state index is -3.49. The maximum Gasteiger partial charge on any atom is 0.273 e. The number of para-hydroxylation sites is 1. The van der Waals surface area contributed by atoms with Crippen LogP contribution in [0.25, 0.3) is 0 Å². The van der Waals surface area contributed by atoms with Crippen molar-refractivity contribution in [2.75, 3.05) is 25.4 Å². The van der Waals surface area contributed by atoms with Crippen LogP contribution in [-0.4, -0.2) is 33.8 Å². The van der Waals surface area contributed by atoms with Gasteiger partial charge in [0, 0.05) is 0 Å². The van der Waals surface area contributed by atoms with Gasteiger partial charge in [0.2, 0.25) is 0 Å². The van der Waals surface area contributed by atoms with Crippen molar-refractivity contribution in [3.05, 3.63) is 24.3 Å². The molecule has 0 aliphatic rings. The molecule has 0 aliphatic heterocycles. The SMILES string of the molecule is CCCOc1ccccc1S(C)(C)OS(C)(=O)=O. The number of rotatable bonds is 6. The van der Waals surface area contributed by atoms with Crippen molar-refractivity contribution in [2.45, 2.75) is 18.2 Å². The first kappa shape index (κ1) is 15.3. The van der Waals surface area contributed by atoms with Gasteiger partial charge in [-0.15, -0.1) is 0 Å². The Morgan fingerprint density at radius 1 is 1.11 bits per heavy atom. The van der Waals surface area contributed by atoms with Gasteiger partial charge in [-0.2, -0.15) is 8.42 Å². The van der Waals surface area contributed by atoms with Crippen LogP contribution in [0.1, 0.15) is 13.3 Å². The molecular weight excluding hydrogens is 272 g/mol. The molecule has 0 heterocycles. The highest BCUT2D eigenvalue weighted by molar-refractivity contribution is 8.32. The van der Waals surface area contributed by atoms with E-state index >= 15 is 0 Å². The summed E-state index contributed by atoms with van der Waals surface area (Å²) < 4.78 is 33.4. The van der Waals surface area contributed by atoms with Crippen molar-refractivity contribution in [3.8, 4) is 5.75 Å². The predicted octanol–water partition coefficient (Wildman–Crippen LogP) is 2.79. The van der Waals surface area contributed by atoms with Crippen LogP contribution in [0.3, 0.4) is 0 Å². The molecular formula is C12H20O4S2. The fourth-order valence-electron chi connectivity index (χ4n) is 1.53. The predicted molar refractivity (Wildman–Crippen MR) is 75.9 cm³/mol. The molecule has 0 fully saturated rings. The minimum absolute atomic E-state index is 0.603. The van der Waals surface area contributed by atoms with E-state index in [0.29, 0.717) is 12.4 Å². The van der Waals surface area contributed by atoms with E-state index in [1.165, 1.54) is 0 Å². The van der Waals surface area contributed by atoms with Crippen molar-refractivity contribution in [3.63, 3.8) is 0 Å². The Morgan fingerprint density at radius 2 is 1.72 bits per heavy atom. The highest BCUT2D eigenvalue weighted by atomic mass is 32.3. The zero-order chi connectivity index (χ0) is 13.8. The molecule has 0 atom stereocenters. The molecule has 0 saturated heterocycles. The van der Waals surface area contributed by atoms with Gasteiger partial charge in [0.05, 0.1) is 17.8 Å². The van der Waals surface area contributed by atoms with E-state index in [2.05, 4.69) is 0 Å². The fraction of sp³-hybridized carbons (Fsp3) is 0.500. The van der Waals surface area contributed by atoms with Crippen LogP contribution in [0.4, 0.5) is 0 Å². The Kier molecular flexibility index (Phi) is 5.07. The topological polar surface area (TPSA) is 52.6 Å². The van der Waals surface area contributed by atoms with Gasteiger partial charge in [0.1, 0.15) is 5.75 Å². The first-order valence-corrected chi connectivity index (χ1v) is 9.81. The van der Waals surface area contributed by atoms with Crippen LogP contribution in [0.15, 0.2) is 29.2 Å². The summed E-state index contributed by atoms with van der Waals surface area (Å²) in [7, 11) is -5.38. The number of hydrogen-bond acceptors (Lipinski definition) is 4. The van der Waals surface area contributed by atoms with E-state index in [9.17, 15) is 8.42 Å². The second kappa shape index (κ2) is 5.95. The lowest BCUT2D eigenvalue weighted by Crippen LogP contribution is -2.10. The quantitative estimate of drug-likeness (QED) is 0.809. The molecule has 0 N–H and O–H groups in total. The lowest BCUT2D eigenvalue weighted by molar-refractivity contribution is 0.309. The summed E-state index contributed by atoms with van der Waals surface area (Å²) in [6.45, 7) is 2.62. The maximum atomic E-state index is 11.3. The van der Waals surface area contributed by atoms with E-state index in [1.54, 1.807) is 12.5 Å². The summed E-state index contributed by atoms with van der Waals surface area (Å²) in [4.78, 5) is 0.809. The summed E-state index contributed by atoms with van der Waals surface area (Å²) in [5.74, 6) is 0.697. The van der Waals surface area contributed by atoms with Gasteiger partial charge in [-0.1, -0.05) is 29.4 Å². The van der Waals surface area contributed by atoms with Crippen molar-refractivity contribution in [1.82, 2.24) is 0 Å². The molecule has 0 radical (unpaired) electrons. The molecule has 104 valence electrons. The standard InChI is InChI=1S/C12H20O4S2/c1-5-10-15-11-8-6-7-9-12(11)17(2,3)16-18(4,13)14/h6-9H,5,10H2,1-4H3. The third-order valence-corrected chi connectivity index (χ3v) is 5.88. The third kappa shape index (κ3) is 4.51. The molecule has 0 aliphatic carbocycles. The molecule has 1 aromatic rings. The fourth-order valence-corrected chi connectivity index (χ4v) is 5.32. The molecule has 4 nitrogen and oxygen atoms in total. The summed E-state index contributed by atoms with van der Waals surface area (Å²) in [6, 6.07) is 7.41. The summed E-state index contributed by atoms with van der Waals surface area (Å²) in [5.41, 5.74) is 0. The molecule has 0 unspecified atom stereocenters. The lowest BCUT2D eigenvalue weighted by Gasteiger charge is -2.31. The smallest absolute Gasteiger partial charge is 0.273 e. The summed E-state index contributed by atoms with van der Waals surface area (Å²) in [6.07, 6.45) is 5.55. The van der Waals surface area contributed by atoms with Crippen LogP contribution >= 0.6 is 10.3 Å². The average molecular weight is 292 g/mol. The van der Waals surface area contributed by atoms with Crippen LogP contribution in [-0.2, 0) is 13.7 Å². The minimum Gasteiger partial charge on any atom is -0.492 e. The maximum absolute atomic E-state index is 11.3. The van der Waals surface area contributed by atoms with Gasteiger partial charge >= 0.3 is 0 Å². The van der Waals surface area contributed by atoms with E-state index in [1.807, 2.05) is 31.2 Å². The third-order valence-electron chi connectivity index (χ3n) is 2.13. The number of benzene rings is 1. The van der Waals surface area contributed by atoms with Gasteiger partial charge in [0.25, 0.3) is 10.1 Å². The van der Waals surface area contributed by atoms with Crippen molar-refractivity contribution < 1.29 is 16.8 Å². The van der Waals surface area contributed by atoms with E-state index in [4.69, 9.17) is 8.37 Å². The average Bonchev–Trinajstić information content (AvgIpc) is 2.23. The van der Waals surface area contributed by atoms with Crippen molar-refractivity contribution >= 4 is 20.4 Å². The van der Waals surface area contributed by atoms with Gasteiger partial charge in [-0.05, 0) is 31.1 Å². The summed E-state index contributed by atoms with van der Waals surface area (Å²) in [5, 5.41) is 0. The summed E-state index contributed by atoms with van der Waals surface area (Å²) >= 11 is 0. The first-order valence-electron chi connectivity index (χ1n) is 5.62. The molecule has 1 rings (SSSR count). The highest BCUT2D eigenvalue weighted by Gasteiger charge is 2.24. The zero-order valence-electron chi connectivity index (χ0n) is 11.2. The Hall–Kier alpha value is -0.720. The molecule has 0 bridgehead atoms. The van der Waals surface area contributed by atoms with Crippen molar-refractivity contribution in [2.24, 2.45) is 0 Å². The van der Waals surface area contributed by atoms with E-state index in [0.717, 1.165) is 17.6 Å². The Morgan fingerprint density at radius 3 is 2.28 bits per heavy atom. The monoisotopic (exact) mass is 292 g/mol. The second-order valence-electron chi connectivity index (χ2n) is 4.30. The lowest BCUT2D eigenvalue weighted by atomic mass is 10.3. The zero-order valence-corrected chi connectivity index (χ0v) is 12.8. The van der Waals surface area contributed by atoms with Crippen LogP contribution in [0, 0.1) is 0 Å². The molecule has 0 aromatic heterocycles. The Labute approximate surface area is 111 Å².